The summed E-state index contributed by atoms with van der Waals surface area (Å²) < 4.78 is 0. The summed E-state index contributed by atoms with van der Waals surface area (Å²) in [5.41, 5.74) is 1.95. The van der Waals surface area contributed by atoms with E-state index in [1.807, 2.05) is 44.2 Å². The van der Waals surface area contributed by atoms with Crippen molar-refractivity contribution < 1.29 is 9.90 Å². The number of aliphatic imine (C=N–C) groups is 1. The van der Waals surface area contributed by atoms with E-state index in [-0.39, 0.29) is 22.5 Å². The Morgan fingerprint density at radius 2 is 2.00 bits per heavy atom. The van der Waals surface area contributed by atoms with Gasteiger partial charge in [-0.25, -0.2) is 4.99 Å². The molecule has 5 heteroatoms. The molecule has 2 aromatic rings. The van der Waals surface area contributed by atoms with Gasteiger partial charge in [0, 0.05) is 25.1 Å². The minimum absolute atomic E-state index is 0.0821. The van der Waals surface area contributed by atoms with Crippen LogP contribution < -0.4 is 0 Å². The quantitative estimate of drug-likeness (QED) is 0.842. The molecule has 23 heavy (non-hydrogen) atoms. The molecule has 0 bridgehead atoms. The summed E-state index contributed by atoms with van der Waals surface area (Å²) in [5, 5.41) is 17.1. The van der Waals surface area contributed by atoms with Crippen molar-refractivity contribution in [2.75, 3.05) is 0 Å². The first-order chi connectivity index (χ1) is 10.9. The highest BCUT2D eigenvalue weighted by atomic mass is 16.3. The Morgan fingerprint density at radius 1 is 1.26 bits per heavy atom. The van der Waals surface area contributed by atoms with E-state index in [4.69, 9.17) is 0 Å². The molecule has 3 rings (SSSR count). The lowest BCUT2D eigenvalue weighted by atomic mass is 9.77. The first kappa shape index (κ1) is 15.2. The van der Waals surface area contributed by atoms with Crippen LogP contribution >= 0.6 is 0 Å². The number of aliphatic hydroxyl groups is 1. The standard InChI is InChI=1S/C18H19N3O2/c1-18(2)9-15(22)13(16(23)10-18)11-19-17-8-14(20-21-17)12-6-4-3-5-7-12/h3-8,11,22H,9-10H2,1-2H3,(H,20,21). The fraction of sp³-hybridized carbons (Fsp3) is 0.278. The number of rotatable bonds is 3. The van der Waals surface area contributed by atoms with Gasteiger partial charge in [0.25, 0.3) is 0 Å². The summed E-state index contributed by atoms with van der Waals surface area (Å²) in [6.07, 6.45) is 2.31. The molecule has 0 spiro atoms. The SMILES string of the molecule is CC1(C)CC(=O)C(C=Nc2cc(-c3ccccc3)[nH]n2)=C(O)C1. The van der Waals surface area contributed by atoms with Crippen LogP contribution in [0, 0.1) is 5.41 Å². The number of nitrogens with one attached hydrogen (secondary N) is 1. The topological polar surface area (TPSA) is 78.3 Å². The number of aliphatic hydroxyl groups excluding tert-OH is 1. The van der Waals surface area contributed by atoms with E-state index in [0.29, 0.717) is 18.7 Å². The summed E-state index contributed by atoms with van der Waals surface area (Å²) in [4.78, 5) is 16.3. The number of aromatic nitrogens is 2. The van der Waals surface area contributed by atoms with Crippen LogP contribution in [0.3, 0.4) is 0 Å². The predicted molar refractivity (Wildman–Crippen MR) is 89.9 cm³/mol. The Hall–Kier alpha value is -2.69. The second-order valence-electron chi connectivity index (χ2n) is 6.57. The van der Waals surface area contributed by atoms with E-state index in [1.165, 1.54) is 6.21 Å². The maximum absolute atomic E-state index is 12.1. The van der Waals surface area contributed by atoms with Crippen LogP contribution in [0.25, 0.3) is 11.3 Å². The average Bonchev–Trinajstić information content (AvgIpc) is 2.95. The third-order valence-corrected chi connectivity index (χ3v) is 3.87. The van der Waals surface area contributed by atoms with Gasteiger partial charge in [0.15, 0.2) is 11.6 Å². The lowest BCUT2D eigenvalue weighted by Crippen LogP contribution is -2.26. The molecular weight excluding hydrogens is 290 g/mol. The Morgan fingerprint density at radius 3 is 2.70 bits per heavy atom. The minimum Gasteiger partial charge on any atom is -0.511 e. The van der Waals surface area contributed by atoms with Crippen molar-refractivity contribution in [1.82, 2.24) is 10.2 Å². The zero-order valence-corrected chi connectivity index (χ0v) is 13.2. The van der Waals surface area contributed by atoms with Gasteiger partial charge in [-0.1, -0.05) is 44.2 Å². The number of allylic oxidation sites excluding steroid dienone is 2. The fourth-order valence-electron chi connectivity index (χ4n) is 2.72. The molecule has 0 saturated carbocycles. The molecule has 0 unspecified atom stereocenters. The van der Waals surface area contributed by atoms with E-state index in [2.05, 4.69) is 15.2 Å². The summed E-state index contributed by atoms with van der Waals surface area (Å²) in [7, 11) is 0. The summed E-state index contributed by atoms with van der Waals surface area (Å²) in [6.45, 7) is 3.93. The van der Waals surface area contributed by atoms with E-state index in [0.717, 1.165) is 11.3 Å². The van der Waals surface area contributed by atoms with Crippen LogP contribution in [0.4, 0.5) is 5.82 Å². The number of Topliss-reactive ketones (excluding diaryl/α,β-unsaturated/α-hetero) is 1. The number of hydrogen-bond donors (Lipinski definition) is 2. The van der Waals surface area contributed by atoms with Gasteiger partial charge in [-0.3, -0.25) is 9.89 Å². The number of benzene rings is 1. The predicted octanol–water partition coefficient (Wildman–Crippen LogP) is 3.98. The smallest absolute Gasteiger partial charge is 0.174 e. The monoisotopic (exact) mass is 309 g/mol. The van der Waals surface area contributed by atoms with Gasteiger partial charge < -0.3 is 5.11 Å². The van der Waals surface area contributed by atoms with Gasteiger partial charge in [0.05, 0.1) is 11.3 Å². The summed E-state index contributed by atoms with van der Waals surface area (Å²) in [5.74, 6) is 0.497. The number of H-pyrrole nitrogens is 1. The lowest BCUT2D eigenvalue weighted by Gasteiger charge is -2.28. The second kappa shape index (κ2) is 5.83. The van der Waals surface area contributed by atoms with Crippen molar-refractivity contribution in [2.24, 2.45) is 10.4 Å². The number of carbonyl (C=O) groups is 1. The van der Waals surface area contributed by atoms with Crippen molar-refractivity contribution in [3.8, 4) is 11.3 Å². The highest BCUT2D eigenvalue weighted by Crippen LogP contribution is 2.35. The third-order valence-electron chi connectivity index (χ3n) is 3.87. The number of hydrogen-bond acceptors (Lipinski definition) is 4. The van der Waals surface area contributed by atoms with Gasteiger partial charge in [0.2, 0.25) is 0 Å². The zero-order valence-electron chi connectivity index (χ0n) is 13.2. The molecule has 0 radical (unpaired) electrons. The van der Waals surface area contributed by atoms with E-state index >= 15 is 0 Å². The first-order valence-corrected chi connectivity index (χ1v) is 7.55. The lowest BCUT2D eigenvalue weighted by molar-refractivity contribution is -0.117. The highest BCUT2D eigenvalue weighted by Gasteiger charge is 2.32. The van der Waals surface area contributed by atoms with Gasteiger partial charge in [-0.15, -0.1) is 0 Å². The maximum Gasteiger partial charge on any atom is 0.174 e. The molecule has 0 saturated heterocycles. The number of nitrogens with zero attached hydrogens (tertiary/aromatic N) is 2. The Kier molecular flexibility index (Phi) is 3.86. The van der Waals surface area contributed by atoms with Crippen LogP contribution in [0.15, 0.2) is 52.7 Å². The van der Waals surface area contributed by atoms with Crippen LogP contribution in [0.1, 0.15) is 26.7 Å². The number of carbonyl (C=O) groups excluding carboxylic acids is 1. The van der Waals surface area contributed by atoms with Gasteiger partial charge in [-0.2, -0.15) is 5.10 Å². The Labute approximate surface area is 134 Å². The largest absolute Gasteiger partial charge is 0.511 e. The van der Waals surface area contributed by atoms with Crippen molar-refractivity contribution in [1.29, 1.82) is 0 Å². The van der Waals surface area contributed by atoms with Crippen molar-refractivity contribution >= 4 is 17.8 Å². The normalized spacial score (nSPS) is 17.9. The molecule has 0 amide bonds. The molecule has 1 aromatic heterocycles. The van der Waals surface area contributed by atoms with Gasteiger partial charge in [0.1, 0.15) is 5.76 Å². The molecule has 0 aliphatic heterocycles. The molecule has 0 fully saturated rings. The Bertz CT molecular complexity index is 786. The maximum atomic E-state index is 12.1. The molecular formula is C18H19N3O2. The number of ketones is 1. The molecule has 1 aliphatic carbocycles. The highest BCUT2D eigenvalue weighted by molar-refractivity contribution is 6.14. The molecule has 1 heterocycles. The Balaban J connectivity index is 1.81. The van der Waals surface area contributed by atoms with E-state index in [1.54, 1.807) is 6.07 Å². The summed E-state index contributed by atoms with van der Waals surface area (Å²) in [6, 6.07) is 11.6. The first-order valence-electron chi connectivity index (χ1n) is 7.55. The van der Waals surface area contributed by atoms with E-state index in [9.17, 15) is 9.90 Å². The minimum atomic E-state index is -0.203. The molecule has 118 valence electrons. The van der Waals surface area contributed by atoms with Crippen molar-refractivity contribution in [3.63, 3.8) is 0 Å². The zero-order chi connectivity index (χ0) is 16.4. The van der Waals surface area contributed by atoms with Crippen LogP contribution in [-0.4, -0.2) is 27.3 Å². The number of aromatic amines is 1. The molecule has 5 nitrogen and oxygen atoms in total. The average molecular weight is 309 g/mol. The van der Waals surface area contributed by atoms with Crippen molar-refractivity contribution in [3.05, 3.63) is 47.7 Å². The second-order valence-corrected chi connectivity index (χ2v) is 6.57. The fourth-order valence-corrected chi connectivity index (χ4v) is 2.72. The molecule has 1 aliphatic rings. The van der Waals surface area contributed by atoms with Crippen LogP contribution in [0.2, 0.25) is 0 Å². The molecule has 2 N–H and O–H groups in total. The van der Waals surface area contributed by atoms with Crippen LogP contribution in [-0.2, 0) is 4.79 Å². The summed E-state index contributed by atoms with van der Waals surface area (Å²) >= 11 is 0. The molecule has 1 aromatic carbocycles. The van der Waals surface area contributed by atoms with E-state index < -0.39 is 0 Å². The van der Waals surface area contributed by atoms with Gasteiger partial charge in [-0.05, 0) is 11.0 Å². The van der Waals surface area contributed by atoms with Crippen LogP contribution in [0.5, 0.6) is 0 Å². The molecule has 0 atom stereocenters. The third kappa shape index (κ3) is 3.39. The van der Waals surface area contributed by atoms with Crippen molar-refractivity contribution in [2.45, 2.75) is 26.7 Å². The van der Waals surface area contributed by atoms with Gasteiger partial charge >= 0.3 is 0 Å².